The molecule has 0 aromatic heterocycles. The van der Waals surface area contributed by atoms with Crippen LogP contribution in [0.2, 0.25) is 19.6 Å². The van der Waals surface area contributed by atoms with Crippen LogP contribution in [0.1, 0.15) is 32.1 Å². The first-order chi connectivity index (χ1) is 9.88. The molecule has 3 fully saturated rings. The van der Waals surface area contributed by atoms with Gasteiger partial charge in [0.15, 0.2) is 8.32 Å². The van der Waals surface area contributed by atoms with Gasteiger partial charge in [0.25, 0.3) is 5.91 Å². The van der Waals surface area contributed by atoms with Gasteiger partial charge in [0.2, 0.25) is 0 Å². The molecule has 3 aliphatic rings. The first kappa shape index (κ1) is 15.0. The van der Waals surface area contributed by atoms with Gasteiger partial charge in [-0.1, -0.05) is 19.3 Å². The highest BCUT2D eigenvalue weighted by atomic mass is 28.4. The van der Waals surface area contributed by atoms with Crippen molar-refractivity contribution in [1.82, 2.24) is 4.90 Å². The van der Waals surface area contributed by atoms with Crippen molar-refractivity contribution in [2.75, 3.05) is 6.61 Å². The second-order valence-corrected chi connectivity index (χ2v) is 11.9. The Labute approximate surface area is 127 Å². The SMILES string of the molecule is C[Si](C)(C)OC1C(=O)N(C2CCCCC2)C2C(=O)OCC12. The third kappa shape index (κ3) is 2.75. The molecule has 0 bridgehead atoms. The average molecular weight is 311 g/mol. The summed E-state index contributed by atoms with van der Waals surface area (Å²) < 4.78 is 11.3. The zero-order valence-corrected chi connectivity index (χ0v) is 14.1. The summed E-state index contributed by atoms with van der Waals surface area (Å²) in [5.41, 5.74) is 0. The normalized spacial score (nSPS) is 34.2. The van der Waals surface area contributed by atoms with E-state index in [1.54, 1.807) is 0 Å². The number of fused-ring (bicyclic) bond motifs is 1. The van der Waals surface area contributed by atoms with Crippen molar-refractivity contribution in [2.45, 2.75) is 69.9 Å². The van der Waals surface area contributed by atoms with Crippen LogP contribution in [0.25, 0.3) is 0 Å². The van der Waals surface area contributed by atoms with Gasteiger partial charge in [0.1, 0.15) is 12.1 Å². The zero-order valence-electron chi connectivity index (χ0n) is 13.1. The predicted octanol–water partition coefficient (Wildman–Crippen LogP) is 1.92. The summed E-state index contributed by atoms with van der Waals surface area (Å²) in [7, 11) is -1.84. The van der Waals surface area contributed by atoms with E-state index >= 15 is 0 Å². The van der Waals surface area contributed by atoms with Crippen LogP contribution in [0.5, 0.6) is 0 Å². The third-order valence-corrected chi connectivity index (χ3v) is 5.66. The van der Waals surface area contributed by atoms with Gasteiger partial charge < -0.3 is 14.1 Å². The lowest BCUT2D eigenvalue weighted by molar-refractivity contribution is -0.150. The molecular weight excluding hydrogens is 286 g/mol. The second kappa shape index (κ2) is 5.39. The summed E-state index contributed by atoms with van der Waals surface area (Å²) in [5.74, 6) is -0.324. The molecule has 0 spiro atoms. The molecule has 21 heavy (non-hydrogen) atoms. The average Bonchev–Trinajstić information content (AvgIpc) is 2.90. The third-order valence-electron chi connectivity index (χ3n) is 4.70. The second-order valence-electron chi connectivity index (χ2n) is 7.43. The van der Waals surface area contributed by atoms with Crippen molar-refractivity contribution < 1.29 is 18.8 Å². The molecule has 0 N–H and O–H groups in total. The molecule has 5 nitrogen and oxygen atoms in total. The number of hydrogen-bond donors (Lipinski definition) is 0. The highest BCUT2D eigenvalue weighted by Crippen LogP contribution is 2.39. The summed E-state index contributed by atoms with van der Waals surface area (Å²) in [6.07, 6.45) is 5.03. The number of carbonyl (C=O) groups excluding carboxylic acids is 2. The highest BCUT2D eigenvalue weighted by molar-refractivity contribution is 6.69. The van der Waals surface area contributed by atoms with E-state index in [1.807, 2.05) is 4.90 Å². The van der Waals surface area contributed by atoms with Gasteiger partial charge in [-0.25, -0.2) is 4.79 Å². The topological polar surface area (TPSA) is 55.8 Å². The number of cyclic esters (lactones) is 1. The minimum absolute atomic E-state index is 0.0241. The van der Waals surface area contributed by atoms with E-state index in [1.165, 1.54) is 6.42 Å². The summed E-state index contributed by atoms with van der Waals surface area (Å²) >= 11 is 0. The van der Waals surface area contributed by atoms with Crippen molar-refractivity contribution in [3.05, 3.63) is 0 Å². The number of carbonyl (C=O) groups is 2. The van der Waals surface area contributed by atoms with Crippen molar-refractivity contribution in [1.29, 1.82) is 0 Å². The summed E-state index contributed by atoms with van der Waals surface area (Å²) in [6, 6.07) is -0.207. The van der Waals surface area contributed by atoms with Crippen molar-refractivity contribution >= 4 is 20.2 Å². The van der Waals surface area contributed by atoms with Crippen LogP contribution < -0.4 is 0 Å². The van der Waals surface area contributed by atoms with Crippen molar-refractivity contribution in [3.63, 3.8) is 0 Å². The van der Waals surface area contributed by atoms with Gasteiger partial charge in [0, 0.05) is 6.04 Å². The molecule has 3 rings (SSSR count). The fourth-order valence-corrected chi connectivity index (χ4v) is 4.89. The van der Waals surface area contributed by atoms with E-state index in [0.717, 1.165) is 25.7 Å². The lowest BCUT2D eigenvalue weighted by atomic mass is 9.93. The molecule has 6 heteroatoms. The Hall–Kier alpha value is -0.883. The Balaban J connectivity index is 1.85. The molecule has 0 aromatic rings. The number of amides is 1. The Bertz CT molecular complexity index is 441. The highest BCUT2D eigenvalue weighted by Gasteiger charge is 2.58. The quantitative estimate of drug-likeness (QED) is 0.590. The maximum absolute atomic E-state index is 12.9. The van der Waals surface area contributed by atoms with Crippen molar-refractivity contribution in [3.8, 4) is 0 Å². The number of likely N-dealkylation sites (tertiary alicyclic amines) is 1. The van der Waals surface area contributed by atoms with Crippen LogP contribution in [0.3, 0.4) is 0 Å². The fraction of sp³-hybridized carbons (Fsp3) is 0.867. The van der Waals surface area contributed by atoms with Gasteiger partial charge in [-0.15, -0.1) is 0 Å². The van der Waals surface area contributed by atoms with E-state index in [4.69, 9.17) is 9.16 Å². The van der Waals surface area contributed by atoms with Gasteiger partial charge in [-0.05, 0) is 32.5 Å². The number of esters is 1. The number of nitrogens with zero attached hydrogens (tertiary/aromatic N) is 1. The fourth-order valence-electron chi connectivity index (χ4n) is 3.85. The maximum Gasteiger partial charge on any atom is 0.329 e. The maximum atomic E-state index is 12.9. The molecule has 1 saturated carbocycles. The lowest BCUT2D eigenvalue weighted by Gasteiger charge is -2.34. The molecule has 2 aliphatic heterocycles. The van der Waals surface area contributed by atoms with Crippen LogP contribution in [0.4, 0.5) is 0 Å². The van der Waals surface area contributed by atoms with E-state index in [2.05, 4.69) is 19.6 Å². The van der Waals surface area contributed by atoms with Crippen molar-refractivity contribution in [2.24, 2.45) is 5.92 Å². The van der Waals surface area contributed by atoms with Crippen LogP contribution in [0, 0.1) is 5.92 Å². The molecule has 0 aromatic carbocycles. The summed E-state index contributed by atoms with van der Waals surface area (Å²) in [6.45, 7) is 6.57. The molecule has 2 saturated heterocycles. The van der Waals surface area contributed by atoms with Gasteiger partial charge >= 0.3 is 5.97 Å². The Morgan fingerprint density at radius 3 is 2.43 bits per heavy atom. The number of hydrogen-bond acceptors (Lipinski definition) is 4. The first-order valence-electron chi connectivity index (χ1n) is 8.05. The summed E-state index contributed by atoms with van der Waals surface area (Å²) in [4.78, 5) is 26.8. The summed E-state index contributed by atoms with van der Waals surface area (Å²) in [5, 5.41) is 0. The lowest BCUT2D eigenvalue weighted by Crippen LogP contribution is -2.47. The van der Waals surface area contributed by atoms with Crippen LogP contribution in [-0.4, -0.2) is 49.9 Å². The Morgan fingerprint density at radius 1 is 1.14 bits per heavy atom. The molecular formula is C15H25NO4Si. The first-order valence-corrected chi connectivity index (χ1v) is 11.5. The van der Waals surface area contributed by atoms with Gasteiger partial charge in [-0.3, -0.25) is 4.79 Å². The molecule has 3 unspecified atom stereocenters. The number of rotatable bonds is 3. The van der Waals surface area contributed by atoms with Crippen LogP contribution in [0.15, 0.2) is 0 Å². The minimum atomic E-state index is -1.84. The largest absolute Gasteiger partial charge is 0.464 e. The van der Waals surface area contributed by atoms with E-state index < -0.39 is 20.5 Å². The van der Waals surface area contributed by atoms with E-state index in [9.17, 15) is 9.59 Å². The zero-order chi connectivity index (χ0) is 15.2. The predicted molar refractivity (Wildman–Crippen MR) is 80.2 cm³/mol. The van der Waals surface area contributed by atoms with E-state index in [0.29, 0.717) is 6.61 Å². The van der Waals surface area contributed by atoms with Crippen LogP contribution >= 0.6 is 0 Å². The molecule has 2 heterocycles. The molecule has 118 valence electrons. The number of ether oxygens (including phenoxy) is 1. The monoisotopic (exact) mass is 311 g/mol. The molecule has 1 aliphatic carbocycles. The smallest absolute Gasteiger partial charge is 0.329 e. The van der Waals surface area contributed by atoms with Gasteiger partial charge in [0.05, 0.1) is 12.5 Å². The minimum Gasteiger partial charge on any atom is -0.464 e. The van der Waals surface area contributed by atoms with Gasteiger partial charge in [-0.2, -0.15) is 0 Å². The molecule has 0 radical (unpaired) electrons. The molecule has 3 atom stereocenters. The van der Waals surface area contributed by atoms with E-state index in [-0.39, 0.29) is 23.8 Å². The Morgan fingerprint density at radius 2 is 1.81 bits per heavy atom. The van der Waals surface area contributed by atoms with Crippen LogP contribution in [-0.2, 0) is 18.8 Å². The Kier molecular flexibility index (Phi) is 3.86. The standard InChI is InChI=1S/C15H25NO4Si/c1-21(2,3)20-13-11-9-19-15(18)12(11)16(14(13)17)10-7-5-4-6-8-10/h10-13H,4-9H2,1-3H3. The molecule has 1 amide bonds.